The molecular weight excluding hydrogens is 242 g/mol. The Morgan fingerprint density at radius 1 is 1.47 bits per heavy atom. The molecule has 7 heteroatoms. The van der Waals surface area contributed by atoms with Crippen LogP contribution >= 0.6 is 0 Å². The Kier molecular flexibility index (Phi) is 4.46. The van der Waals surface area contributed by atoms with Crippen molar-refractivity contribution in [3.8, 4) is 17.9 Å². The number of hydrogen-bond donors (Lipinski definition) is 2. The molecule has 0 aliphatic carbocycles. The monoisotopic (exact) mass is 251 g/mol. The molecule has 1 aromatic rings. The standard InChI is InChI=1S/C10H9N3O3S/c11-6-8-17(15,16)13-10-5-1-3-9(12-10)4-2-7-14/h1,3,5,14H,7-8H2,(H,12,13). The van der Waals surface area contributed by atoms with Crippen molar-refractivity contribution in [1.29, 1.82) is 5.26 Å². The minimum atomic E-state index is -3.69. The van der Waals surface area contributed by atoms with Gasteiger partial charge in [0.2, 0.25) is 10.0 Å². The van der Waals surface area contributed by atoms with Crippen LogP contribution < -0.4 is 4.72 Å². The maximum Gasteiger partial charge on any atom is 0.247 e. The molecule has 0 aliphatic heterocycles. The summed E-state index contributed by atoms with van der Waals surface area (Å²) in [6, 6.07) is 6.12. The lowest BCUT2D eigenvalue weighted by molar-refractivity contribution is 0.350. The van der Waals surface area contributed by atoms with Gasteiger partial charge in [-0.15, -0.1) is 0 Å². The van der Waals surface area contributed by atoms with Gasteiger partial charge >= 0.3 is 0 Å². The van der Waals surface area contributed by atoms with Crippen LogP contribution in [0.25, 0.3) is 0 Å². The summed E-state index contributed by atoms with van der Waals surface area (Å²) in [5.74, 6) is 4.39. The molecule has 2 N–H and O–H groups in total. The third-order valence-corrected chi connectivity index (χ3v) is 2.59. The molecule has 0 saturated heterocycles. The second kappa shape index (κ2) is 5.85. The van der Waals surface area contributed by atoms with Crippen LogP contribution in [-0.2, 0) is 10.0 Å². The second-order valence-electron chi connectivity index (χ2n) is 2.89. The second-order valence-corrected chi connectivity index (χ2v) is 4.61. The first kappa shape index (κ1) is 13.0. The highest BCUT2D eigenvalue weighted by Crippen LogP contribution is 2.06. The van der Waals surface area contributed by atoms with E-state index in [-0.39, 0.29) is 12.4 Å². The minimum absolute atomic E-state index is 0.0880. The first-order valence-electron chi connectivity index (χ1n) is 4.51. The van der Waals surface area contributed by atoms with Crippen LogP contribution in [-0.4, -0.2) is 30.9 Å². The fourth-order valence-corrected chi connectivity index (χ4v) is 1.65. The lowest BCUT2D eigenvalue weighted by Crippen LogP contribution is -2.16. The van der Waals surface area contributed by atoms with Gasteiger partial charge in [0.25, 0.3) is 0 Å². The number of anilines is 1. The number of rotatable bonds is 3. The highest BCUT2D eigenvalue weighted by atomic mass is 32.2. The number of aliphatic hydroxyl groups is 1. The lowest BCUT2D eigenvalue weighted by Gasteiger charge is -2.03. The van der Waals surface area contributed by atoms with Gasteiger partial charge in [0.15, 0.2) is 5.75 Å². The van der Waals surface area contributed by atoms with Crippen molar-refractivity contribution in [1.82, 2.24) is 4.98 Å². The number of nitriles is 1. The van der Waals surface area contributed by atoms with Crippen LogP contribution in [0.4, 0.5) is 5.82 Å². The van der Waals surface area contributed by atoms with Gasteiger partial charge < -0.3 is 5.11 Å². The normalized spacial score (nSPS) is 9.88. The van der Waals surface area contributed by atoms with Crippen molar-refractivity contribution in [2.45, 2.75) is 0 Å². The number of aliphatic hydroxyl groups excluding tert-OH is 1. The Bertz CT molecular complexity index is 593. The molecule has 0 bridgehead atoms. The summed E-state index contributed by atoms with van der Waals surface area (Å²) < 4.78 is 24.7. The van der Waals surface area contributed by atoms with Gasteiger partial charge in [-0.1, -0.05) is 12.0 Å². The number of aromatic nitrogens is 1. The van der Waals surface area contributed by atoms with E-state index in [9.17, 15) is 8.42 Å². The predicted molar refractivity (Wildman–Crippen MR) is 61.2 cm³/mol. The van der Waals surface area contributed by atoms with E-state index < -0.39 is 15.8 Å². The molecule has 1 aromatic heterocycles. The first-order valence-corrected chi connectivity index (χ1v) is 6.17. The Hall–Kier alpha value is -2.09. The number of pyridine rings is 1. The average Bonchev–Trinajstić information content (AvgIpc) is 2.26. The first-order chi connectivity index (χ1) is 8.07. The zero-order valence-corrected chi connectivity index (χ0v) is 9.53. The summed E-state index contributed by atoms with van der Waals surface area (Å²) in [7, 11) is -3.69. The van der Waals surface area contributed by atoms with Crippen LogP contribution in [0.5, 0.6) is 0 Å². The fraction of sp³-hybridized carbons (Fsp3) is 0.200. The third kappa shape index (κ3) is 4.51. The summed E-state index contributed by atoms with van der Waals surface area (Å²) >= 11 is 0. The molecule has 0 saturated carbocycles. The van der Waals surface area contributed by atoms with Gasteiger partial charge in [-0.05, 0) is 18.1 Å². The molecule has 0 atom stereocenters. The maximum absolute atomic E-state index is 11.3. The Morgan fingerprint density at radius 3 is 2.88 bits per heavy atom. The fourth-order valence-electron chi connectivity index (χ4n) is 0.972. The van der Waals surface area contributed by atoms with E-state index in [0.717, 1.165) is 0 Å². The summed E-state index contributed by atoms with van der Waals surface area (Å²) in [4.78, 5) is 3.89. The number of nitrogens with one attached hydrogen (secondary N) is 1. The molecule has 88 valence electrons. The van der Waals surface area contributed by atoms with E-state index in [2.05, 4.69) is 21.5 Å². The van der Waals surface area contributed by atoms with E-state index in [1.807, 2.05) is 0 Å². The molecule has 6 nitrogen and oxygen atoms in total. The number of sulfonamides is 1. The average molecular weight is 251 g/mol. The zero-order chi connectivity index (χ0) is 12.7. The van der Waals surface area contributed by atoms with Gasteiger partial charge in [-0.3, -0.25) is 4.72 Å². The van der Waals surface area contributed by atoms with Crippen molar-refractivity contribution in [2.75, 3.05) is 17.1 Å². The third-order valence-electron chi connectivity index (χ3n) is 1.56. The summed E-state index contributed by atoms with van der Waals surface area (Å²) in [6.45, 7) is -0.300. The largest absolute Gasteiger partial charge is 0.384 e. The van der Waals surface area contributed by atoms with Gasteiger partial charge in [0, 0.05) is 0 Å². The van der Waals surface area contributed by atoms with Gasteiger partial charge in [-0.25, -0.2) is 13.4 Å². The Balaban J connectivity index is 2.91. The molecule has 0 unspecified atom stereocenters. The molecular formula is C10H9N3O3S. The van der Waals surface area contributed by atoms with Crippen LogP contribution in [0.3, 0.4) is 0 Å². The van der Waals surface area contributed by atoms with Crippen LogP contribution in [0, 0.1) is 23.2 Å². The Labute approximate surface area is 99.0 Å². The molecule has 0 fully saturated rings. The van der Waals surface area contributed by atoms with Crippen molar-refractivity contribution in [3.05, 3.63) is 23.9 Å². The van der Waals surface area contributed by atoms with Crippen molar-refractivity contribution in [3.63, 3.8) is 0 Å². The van der Waals surface area contributed by atoms with E-state index in [4.69, 9.17) is 10.4 Å². The van der Waals surface area contributed by atoms with Crippen LogP contribution in [0.2, 0.25) is 0 Å². The SMILES string of the molecule is N#CCS(=O)(=O)Nc1cccc(C#CCO)n1. The van der Waals surface area contributed by atoms with E-state index >= 15 is 0 Å². The van der Waals surface area contributed by atoms with Gasteiger partial charge in [-0.2, -0.15) is 5.26 Å². The van der Waals surface area contributed by atoms with Gasteiger partial charge in [0.05, 0.1) is 6.07 Å². The molecule has 0 spiro atoms. The molecule has 1 heterocycles. The predicted octanol–water partition coefficient (Wildman–Crippen LogP) is -0.309. The van der Waals surface area contributed by atoms with Crippen molar-refractivity contribution >= 4 is 15.8 Å². The van der Waals surface area contributed by atoms with E-state index in [0.29, 0.717) is 5.69 Å². The highest BCUT2D eigenvalue weighted by molar-refractivity contribution is 7.92. The van der Waals surface area contributed by atoms with Gasteiger partial charge in [0.1, 0.15) is 18.1 Å². The molecule has 0 radical (unpaired) electrons. The summed E-state index contributed by atoms with van der Waals surface area (Å²) in [5, 5.41) is 16.8. The quantitative estimate of drug-likeness (QED) is 0.717. The Morgan fingerprint density at radius 2 is 2.24 bits per heavy atom. The van der Waals surface area contributed by atoms with Crippen molar-refractivity contribution in [2.24, 2.45) is 0 Å². The van der Waals surface area contributed by atoms with E-state index in [1.54, 1.807) is 12.1 Å². The van der Waals surface area contributed by atoms with E-state index in [1.165, 1.54) is 12.1 Å². The zero-order valence-electron chi connectivity index (χ0n) is 8.71. The summed E-state index contributed by atoms with van der Waals surface area (Å²) in [6.07, 6.45) is 0. The summed E-state index contributed by atoms with van der Waals surface area (Å²) in [5.41, 5.74) is 0.330. The molecule has 0 aromatic carbocycles. The smallest absolute Gasteiger partial charge is 0.247 e. The number of hydrogen-bond acceptors (Lipinski definition) is 5. The number of nitrogens with zero attached hydrogens (tertiary/aromatic N) is 2. The maximum atomic E-state index is 11.3. The molecule has 1 rings (SSSR count). The highest BCUT2D eigenvalue weighted by Gasteiger charge is 2.09. The molecule has 0 amide bonds. The lowest BCUT2D eigenvalue weighted by atomic mass is 10.3. The van der Waals surface area contributed by atoms with Crippen molar-refractivity contribution < 1.29 is 13.5 Å². The van der Waals surface area contributed by atoms with Crippen LogP contribution in [0.15, 0.2) is 18.2 Å². The molecule has 0 aliphatic rings. The van der Waals surface area contributed by atoms with Crippen LogP contribution in [0.1, 0.15) is 5.69 Å². The minimum Gasteiger partial charge on any atom is -0.384 e. The molecule has 17 heavy (non-hydrogen) atoms. The topological polar surface area (TPSA) is 103 Å².